The van der Waals surface area contributed by atoms with Gasteiger partial charge in [0.2, 0.25) is 5.91 Å². The molecule has 0 unspecified atom stereocenters. The second kappa shape index (κ2) is 8.31. The summed E-state index contributed by atoms with van der Waals surface area (Å²) in [6.07, 6.45) is 0. The molecule has 2 aromatic carbocycles. The summed E-state index contributed by atoms with van der Waals surface area (Å²) in [7, 11) is 0. The van der Waals surface area contributed by atoms with Gasteiger partial charge in [-0.1, -0.05) is 26.0 Å². The predicted octanol–water partition coefficient (Wildman–Crippen LogP) is 3.98. The van der Waals surface area contributed by atoms with Crippen molar-refractivity contribution in [2.45, 2.75) is 19.9 Å². The number of nitro groups is 1. The third kappa shape index (κ3) is 3.76. The molecule has 1 aliphatic rings. The third-order valence-electron chi connectivity index (χ3n) is 5.11. The Kier molecular flexibility index (Phi) is 5.54. The molecule has 0 fully saturated rings. The minimum Gasteiger partial charge on any atom is -0.300 e. The average Bonchev–Trinajstić information content (AvgIpc) is 3.33. The van der Waals surface area contributed by atoms with Crippen molar-refractivity contribution in [2.24, 2.45) is 5.92 Å². The molecule has 9 nitrogen and oxygen atoms in total. The number of nitrogens with zero attached hydrogens (tertiary/aromatic N) is 3. The Morgan fingerprint density at radius 2 is 1.66 bits per heavy atom. The lowest BCUT2D eigenvalue weighted by molar-refractivity contribution is -0.384. The number of nitro benzene ring substituents is 1. The standard InChI is InChI=1S/C22H18N4O5S/c1-12(2)18(25-20(28)15-5-3-4-6-16(15)21(25)29)19(27)24-22-23-17(11-32-22)13-7-9-14(10-8-13)26(30)31/h3-12,18H,1-2H3,(H,23,24,27)/t18-/m1/s1. The summed E-state index contributed by atoms with van der Waals surface area (Å²) in [6, 6.07) is 11.4. The smallest absolute Gasteiger partial charge is 0.269 e. The molecule has 1 aromatic heterocycles. The van der Waals surface area contributed by atoms with E-state index in [9.17, 15) is 24.5 Å². The van der Waals surface area contributed by atoms with Crippen LogP contribution in [0.25, 0.3) is 11.3 Å². The third-order valence-corrected chi connectivity index (χ3v) is 5.87. The topological polar surface area (TPSA) is 123 Å². The molecule has 0 spiro atoms. The number of carbonyl (C=O) groups is 3. The molecule has 2 heterocycles. The molecule has 1 aliphatic heterocycles. The highest BCUT2D eigenvalue weighted by Crippen LogP contribution is 2.30. The predicted molar refractivity (Wildman–Crippen MR) is 118 cm³/mol. The molecule has 3 amide bonds. The number of non-ortho nitro benzene ring substituents is 1. The van der Waals surface area contributed by atoms with Gasteiger partial charge in [-0.15, -0.1) is 11.3 Å². The van der Waals surface area contributed by atoms with Crippen LogP contribution < -0.4 is 5.32 Å². The molecule has 1 atom stereocenters. The molecule has 32 heavy (non-hydrogen) atoms. The van der Waals surface area contributed by atoms with Gasteiger partial charge in [0, 0.05) is 23.1 Å². The number of hydrogen-bond acceptors (Lipinski definition) is 7. The molecule has 162 valence electrons. The zero-order valence-electron chi connectivity index (χ0n) is 17.1. The van der Waals surface area contributed by atoms with Crippen LogP contribution in [0.2, 0.25) is 0 Å². The van der Waals surface area contributed by atoms with E-state index in [1.807, 2.05) is 0 Å². The molecule has 0 bridgehead atoms. The maximum atomic E-state index is 13.1. The Labute approximate surface area is 186 Å². The van der Waals surface area contributed by atoms with Crippen molar-refractivity contribution in [1.82, 2.24) is 9.88 Å². The monoisotopic (exact) mass is 450 g/mol. The number of hydrogen-bond donors (Lipinski definition) is 1. The number of anilines is 1. The number of benzene rings is 2. The van der Waals surface area contributed by atoms with Gasteiger partial charge in [0.25, 0.3) is 17.5 Å². The quantitative estimate of drug-likeness (QED) is 0.344. The summed E-state index contributed by atoms with van der Waals surface area (Å²) >= 11 is 1.18. The Morgan fingerprint density at radius 1 is 1.06 bits per heavy atom. The van der Waals surface area contributed by atoms with Gasteiger partial charge in [0.1, 0.15) is 6.04 Å². The second-order valence-corrected chi connectivity index (χ2v) is 8.40. The van der Waals surface area contributed by atoms with E-state index in [1.54, 1.807) is 55.6 Å². The van der Waals surface area contributed by atoms with Crippen molar-refractivity contribution < 1.29 is 19.3 Å². The molecule has 3 aromatic rings. The zero-order chi connectivity index (χ0) is 23.0. The van der Waals surface area contributed by atoms with E-state index in [0.29, 0.717) is 16.4 Å². The van der Waals surface area contributed by atoms with Gasteiger partial charge in [-0.2, -0.15) is 0 Å². The van der Waals surface area contributed by atoms with Gasteiger partial charge in [-0.25, -0.2) is 4.98 Å². The number of nitrogens with one attached hydrogen (secondary N) is 1. The first-order chi connectivity index (χ1) is 15.3. The highest BCUT2D eigenvalue weighted by Gasteiger charge is 2.44. The molecule has 0 saturated carbocycles. The van der Waals surface area contributed by atoms with Crippen molar-refractivity contribution in [1.29, 1.82) is 0 Å². The van der Waals surface area contributed by atoms with E-state index in [4.69, 9.17) is 0 Å². The fraction of sp³-hybridized carbons (Fsp3) is 0.182. The van der Waals surface area contributed by atoms with Crippen molar-refractivity contribution in [3.63, 3.8) is 0 Å². The van der Waals surface area contributed by atoms with E-state index in [0.717, 1.165) is 4.90 Å². The largest absolute Gasteiger partial charge is 0.300 e. The Morgan fingerprint density at radius 3 is 2.19 bits per heavy atom. The fourth-order valence-electron chi connectivity index (χ4n) is 3.58. The first-order valence-electron chi connectivity index (χ1n) is 9.76. The lowest BCUT2D eigenvalue weighted by atomic mass is 10.0. The maximum Gasteiger partial charge on any atom is 0.269 e. The molecule has 10 heteroatoms. The van der Waals surface area contributed by atoms with Crippen LogP contribution >= 0.6 is 11.3 Å². The number of thiazole rings is 1. The Balaban J connectivity index is 1.54. The van der Waals surface area contributed by atoms with Crippen LogP contribution in [0.1, 0.15) is 34.6 Å². The van der Waals surface area contributed by atoms with Gasteiger partial charge < -0.3 is 5.32 Å². The molecule has 4 rings (SSSR count). The summed E-state index contributed by atoms with van der Waals surface area (Å²) in [5.74, 6) is -1.83. The van der Waals surface area contributed by atoms with Gasteiger partial charge in [0.15, 0.2) is 5.13 Å². The first-order valence-corrected chi connectivity index (χ1v) is 10.6. The Hall–Kier alpha value is -3.92. The van der Waals surface area contributed by atoms with Crippen LogP contribution in [0.4, 0.5) is 10.8 Å². The molecule has 0 radical (unpaired) electrons. The van der Waals surface area contributed by atoms with Crippen molar-refractivity contribution in [3.05, 3.63) is 75.2 Å². The number of amides is 3. The van der Waals surface area contributed by atoms with E-state index in [2.05, 4.69) is 10.3 Å². The van der Waals surface area contributed by atoms with Crippen LogP contribution in [0.15, 0.2) is 53.9 Å². The van der Waals surface area contributed by atoms with E-state index >= 15 is 0 Å². The minimum atomic E-state index is -1.01. The molecular weight excluding hydrogens is 432 g/mol. The highest BCUT2D eigenvalue weighted by atomic mass is 32.1. The van der Waals surface area contributed by atoms with Gasteiger partial charge in [0.05, 0.1) is 21.7 Å². The first kappa shape index (κ1) is 21.3. The maximum absolute atomic E-state index is 13.1. The second-order valence-electron chi connectivity index (χ2n) is 7.55. The summed E-state index contributed by atoms with van der Waals surface area (Å²) < 4.78 is 0. The van der Waals surface area contributed by atoms with Crippen molar-refractivity contribution >= 4 is 39.9 Å². The summed E-state index contributed by atoms with van der Waals surface area (Å²) in [5, 5.41) is 15.5. The fourth-order valence-corrected chi connectivity index (χ4v) is 4.30. The van der Waals surface area contributed by atoms with Crippen LogP contribution in [-0.2, 0) is 4.79 Å². The zero-order valence-corrected chi connectivity index (χ0v) is 18.0. The van der Waals surface area contributed by atoms with Gasteiger partial charge >= 0.3 is 0 Å². The Bertz CT molecular complexity index is 1200. The summed E-state index contributed by atoms with van der Waals surface area (Å²) in [4.78, 5) is 54.5. The number of carbonyl (C=O) groups excluding carboxylic acids is 3. The normalized spacial score (nSPS) is 13.9. The lowest BCUT2D eigenvalue weighted by Crippen LogP contribution is -2.50. The molecular formula is C22H18N4O5S. The van der Waals surface area contributed by atoms with E-state index in [1.165, 1.54) is 23.5 Å². The number of rotatable bonds is 6. The van der Waals surface area contributed by atoms with Crippen molar-refractivity contribution in [3.8, 4) is 11.3 Å². The van der Waals surface area contributed by atoms with E-state index in [-0.39, 0.29) is 22.7 Å². The van der Waals surface area contributed by atoms with Gasteiger partial charge in [-0.05, 0) is 30.2 Å². The van der Waals surface area contributed by atoms with Crippen LogP contribution in [0, 0.1) is 16.0 Å². The minimum absolute atomic E-state index is 0.0294. The van der Waals surface area contributed by atoms with Crippen molar-refractivity contribution in [2.75, 3.05) is 5.32 Å². The lowest BCUT2D eigenvalue weighted by Gasteiger charge is -2.27. The number of aromatic nitrogens is 1. The van der Waals surface area contributed by atoms with Crippen LogP contribution in [0.5, 0.6) is 0 Å². The van der Waals surface area contributed by atoms with Crippen LogP contribution in [0.3, 0.4) is 0 Å². The summed E-state index contributed by atoms with van der Waals surface area (Å²) in [6.45, 7) is 3.52. The van der Waals surface area contributed by atoms with Crippen LogP contribution in [-0.4, -0.2) is 38.6 Å². The molecule has 0 saturated heterocycles. The highest BCUT2D eigenvalue weighted by molar-refractivity contribution is 7.14. The SMILES string of the molecule is CC(C)[C@H](C(=O)Nc1nc(-c2ccc([N+](=O)[O-])cc2)cs1)N1C(=O)c2ccccc2C1=O. The average molecular weight is 450 g/mol. The molecule has 0 aliphatic carbocycles. The number of fused-ring (bicyclic) bond motifs is 1. The van der Waals surface area contributed by atoms with Gasteiger partial charge in [-0.3, -0.25) is 29.4 Å². The van der Waals surface area contributed by atoms with E-state index < -0.39 is 28.7 Å². The molecule has 1 N–H and O–H groups in total. The summed E-state index contributed by atoms with van der Waals surface area (Å²) in [5.41, 5.74) is 1.74. The number of imide groups is 1.